The Balaban J connectivity index is 0.000000191. The number of nitrogen functional groups attached to an aromatic ring is 1. The molecule has 76 heavy (non-hydrogen) atoms. The third-order valence-corrected chi connectivity index (χ3v) is 12.3. The van der Waals surface area contributed by atoms with E-state index in [0.29, 0.717) is 68.4 Å². The number of aromatic carboxylic acids is 1. The lowest BCUT2D eigenvalue weighted by Crippen LogP contribution is -2.41. The predicted octanol–water partition coefficient (Wildman–Crippen LogP) is 10.2. The first-order valence-electron chi connectivity index (χ1n) is 24.2. The molecular weight excluding hydrogens is 1010 g/mol. The summed E-state index contributed by atoms with van der Waals surface area (Å²) in [6, 6.07) is 36.0. The highest BCUT2D eigenvalue weighted by Crippen LogP contribution is 2.34. The number of carboxylic acid groups (broad SMARTS) is 1. The number of nitrogens with one attached hydrogen (secondary N) is 3. The first-order valence-corrected chi connectivity index (χ1v) is 25.0. The molecule has 2 fully saturated rings. The summed E-state index contributed by atoms with van der Waals surface area (Å²) < 4.78 is 22.6. The van der Waals surface area contributed by atoms with Crippen molar-refractivity contribution >= 4 is 85.6 Å². The Morgan fingerprint density at radius 2 is 1.13 bits per heavy atom. The van der Waals surface area contributed by atoms with Crippen molar-refractivity contribution in [3.05, 3.63) is 160 Å². The van der Waals surface area contributed by atoms with E-state index < -0.39 is 5.97 Å². The van der Waals surface area contributed by atoms with Gasteiger partial charge in [-0.25, -0.2) is 14.8 Å². The van der Waals surface area contributed by atoms with E-state index in [1.807, 2.05) is 66.7 Å². The highest BCUT2D eigenvalue weighted by Gasteiger charge is 2.15. The summed E-state index contributed by atoms with van der Waals surface area (Å²) in [4.78, 5) is 45.8. The number of nitrogens with two attached hydrogens (primary N) is 2. The van der Waals surface area contributed by atoms with Gasteiger partial charge < -0.3 is 51.5 Å². The molecule has 0 saturated carbocycles. The van der Waals surface area contributed by atoms with Gasteiger partial charge in [-0.1, -0.05) is 85.2 Å². The van der Waals surface area contributed by atoms with Gasteiger partial charge in [0.05, 0.1) is 32.0 Å². The van der Waals surface area contributed by atoms with Crippen LogP contribution in [0.15, 0.2) is 134 Å². The molecule has 8 aromatic rings. The van der Waals surface area contributed by atoms with Gasteiger partial charge in [-0.3, -0.25) is 14.6 Å². The maximum Gasteiger partial charge on any atom is 0.335 e. The van der Waals surface area contributed by atoms with Crippen LogP contribution in [0, 0.1) is 6.92 Å². The summed E-state index contributed by atoms with van der Waals surface area (Å²) in [6.45, 7) is 12.2. The number of ether oxygens (including phenoxy) is 4. The van der Waals surface area contributed by atoms with Crippen LogP contribution in [0.4, 0.5) is 29.0 Å². The van der Waals surface area contributed by atoms with Crippen molar-refractivity contribution in [2.45, 2.75) is 14.4 Å². The van der Waals surface area contributed by atoms with E-state index in [2.05, 4.69) is 52.6 Å². The Labute approximate surface area is 451 Å². The minimum absolute atomic E-state index is 0. The van der Waals surface area contributed by atoms with E-state index in [9.17, 15) is 14.7 Å². The Morgan fingerprint density at radius 1 is 0.645 bits per heavy atom. The minimum Gasteiger partial charge on any atom is -0.478 e. The fourth-order valence-electron chi connectivity index (χ4n) is 8.14. The van der Waals surface area contributed by atoms with Crippen molar-refractivity contribution in [2.75, 3.05) is 95.2 Å². The van der Waals surface area contributed by atoms with Crippen LogP contribution in [-0.4, -0.2) is 126 Å². The number of aromatic nitrogens is 4. The smallest absolute Gasteiger partial charge is 0.335 e. The summed E-state index contributed by atoms with van der Waals surface area (Å²) >= 11 is 12.3. The zero-order chi connectivity index (χ0) is 52.5. The van der Waals surface area contributed by atoms with E-state index in [1.54, 1.807) is 54.9 Å². The molecule has 18 nitrogen and oxygen atoms in total. The lowest BCUT2D eigenvalue weighted by Gasteiger charge is -2.26. The second-order valence-electron chi connectivity index (χ2n) is 17.2. The molecule has 6 aromatic carbocycles. The molecule has 8 N–H and O–H groups in total. The highest BCUT2D eigenvalue weighted by atomic mass is 35.5. The average molecular weight is 1070 g/mol. The Kier molecular flexibility index (Phi) is 20.5. The third-order valence-electron chi connectivity index (χ3n) is 11.9. The first-order chi connectivity index (χ1) is 36.5. The first kappa shape index (κ1) is 56.1. The van der Waals surface area contributed by atoms with Crippen LogP contribution in [0.1, 0.15) is 33.7 Å². The molecule has 0 unspecified atom stereocenters. The highest BCUT2D eigenvalue weighted by molar-refractivity contribution is 6.31. The summed E-state index contributed by atoms with van der Waals surface area (Å²) in [5.41, 5.74) is 14.9. The number of carboxylic acids is 1. The van der Waals surface area contributed by atoms with Crippen LogP contribution in [0.5, 0.6) is 23.3 Å². The summed E-state index contributed by atoms with van der Waals surface area (Å²) in [5.74, 6) is 1.33. The number of anilines is 5. The number of amides is 1. The van der Waals surface area contributed by atoms with Crippen molar-refractivity contribution in [1.29, 1.82) is 0 Å². The number of halogens is 2. The molecule has 0 bridgehead atoms. The Bertz CT molecular complexity index is 3230. The lowest BCUT2D eigenvalue weighted by molar-refractivity contribution is 0.0383. The number of hydrogen-bond donors (Lipinski definition) is 6. The van der Waals surface area contributed by atoms with Gasteiger partial charge >= 0.3 is 5.97 Å². The Morgan fingerprint density at radius 3 is 1.68 bits per heavy atom. The number of nitrogens with zero attached hydrogens (tertiary/aromatic N) is 6. The molecule has 0 atom stereocenters. The van der Waals surface area contributed by atoms with Crippen LogP contribution in [0.2, 0.25) is 10.0 Å². The average Bonchev–Trinajstić information content (AvgIpc) is 3.42. The number of benzene rings is 6. The summed E-state index contributed by atoms with van der Waals surface area (Å²) in [7, 11) is 0. The van der Waals surface area contributed by atoms with Crippen LogP contribution >= 0.6 is 23.2 Å². The summed E-state index contributed by atoms with van der Waals surface area (Å²) in [6.07, 6.45) is 3.15. The van der Waals surface area contributed by atoms with Crippen molar-refractivity contribution in [2.24, 2.45) is 5.73 Å². The van der Waals surface area contributed by atoms with Gasteiger partial charge in [-0.15, -0.1) is 0 Å². The molecule has 10 rings (SSSR count). The molecule has 0 spiro atoms. The topological polar surface area (TPSA) is 237 Å². The van der Waals surface area contributed by atoms with E-state index in [0.717, 1.165) is 99.3 Å². The second kappa shape index (κ2) is 27.7. The second-order valence-corrected chi connectivity index (χ2v) is 18.1. The van der Waals surface area contributed by atoms with Crippen molar-refractivity contribution in [3.63, 3.8) is 0 Å². The van der Waals surface area contributed by atoms with Gasteiger partial charge in [0.2, 0.25) is 23.7 Å². The maximum absolute atomic E-state index is 12.7. The van der Waals surface area contributed by atoms with Crippen molar-refractivity contribution < 1.29 is 33.6 Å². The maximum atomic E-state index is 12.7. The number of rotatable bonds is 15. The largest absolute Gasteiger partial charge is 0.478 e. The van der Waals surface area contributed by atoms with Crippen LogP contribution in [-0.2, 0) is 9.47 Å². The van der Waals surface area contributed by atoms with E-state index in [1.165, 1.54) is 12.1 Å². The third kappa shape index (κ3) is 15.9. The van der Waals surface area contributed by atoms with Crippen molar-refractivity contribution in [3.8, 4) is 23.3 Å². The van der Waals surface area contributed by atoms with Crippen LogP contribution in [0.25, 0.3) is 21.5 Å². The molecule has 2 saturated heterocycles. The fourth-order valence-corrected chi connectivity index (χ4v) is 8.61. The number of aryl methyl sites for hydroxylation is 1. The monoisotopic (exact) mass is 1070 g/mol. The van der Waals surface area contributed by atoms with Gasteiger partial charge in [0.1, 0.15) is 11.5 Å². The molecular formula is C56H61Cl2N11O7. The number of fused-ring (bicyclic) bond motifs is 2. The molecule has 0 radical (unpaired) electrons. The van der Waals surface area contributed by atoms with Gasteiger partial charge in [0.15, 0.2) is 0 Å². The van der Waals surface area contributed by atoms with Crippen LogP contribution < -0.4 is 36.9 Å². The minimum atomic E-state index is -1.07. The molecule has 396 valence electrons. The summed E-state index contributed by atoms with van der Waals surface area (Å²) in [5, 5.41) is 22.8. The van der Waals surface area contributed by atoms with E-state index in [4.69, 9.17) is 53.6 Å². The van der Waals surface area contributed by atoms with Crippen molar-refractivity contribution in [1.82, 2.24) is 35.1 Å². The number of carbonyl (C=O) groups excluding carboxylic acids is 1. The molecule has 20 heteroatoms. The molecule has 0 aliphatic carbocycles. The normalized spacial score (nSPS) is 13.5. The SMILES string of the molecule is C.Cc1ccc(Oc2ccnc(Nc3cc(Cl)cc(C(=O)O)c3)n2)c2ccccc12.NCCN1CCOCC1.Nc1ccc(Oc2ccnc(Nc3cc(Cl)cc(C(=O)NCCN4CCOCC4)c3)n2)c2ccccc12. The van der Waals surface area contributed by atoms with Gasteiger partial charge in [0, 0.05) is 126 Å². The van der Waals surface area contributed by atoms with Gasteiger partial charge in [0.25, 0.3) is 5.91 Å². The molecule has 4 heterocycles. The number of morpholine rings is 2. The van der Waals surface area contributed by atoms with Gasteiger partial charge in [-0.05, 0) is 72.5 Å². The quantitative estimate of drug-likeness (QED) is 0.0524. The standard InChI is InChI=1S/C27H27ClN6O3.C22H16ClN3O3.C6H14N2O.CH4/c28-19-15-18(26(35)30-9-10-34-11-13-36-14-12-34)16-20(17-19)32-27-31-8-7-25(33-27)37-24-6-5-23(29)21-3-1-2-4-22(21)24;1-13-6-7-19(18-5-3-2-4-17(13)18)29-20-8-9-24-22(26-20)25-16-11-14(21(27)28)10-15(23)12-16;7-1-2-8-3-5-9-6-4-8;/h1-8,15-17H,9-14,29H2,(H,30,35)(H,31,32,33);2-12H,1H3,(H,27,28)(H,24,25,26);1-7H2;1H4. The van der Waals surface area contributed by atoms with Crippen LogP contribution in [0.3, 0.4) is 0 Å². The lowest BCUT2D eigenvalue weighted by atomic mass is 10.1. The molecule has 2 aromatic heterocycles. The fraction of sp³-hybridized carbons (Fsp3) is 0.250. The molecule has 1 amide bonds. The van der Waals surface area contributed by atoms with E-state index >= 15 is 0 Å². The predicted molar refractivity (Wildman–Crippen MR) is 300 cm³/mol. The molecule has 2 aliphatic rings. The zero-order valence-electron chi connectivity index (χ0n) is 41.2. The van der Waals surface area contributed by atoms with E-state index in [-0.39, 0.29) is 24.8 Å². The van der Waals surface area contributed by atoms with Gasteiger partial charge in [-0.2, -0.15) is 9.97 Å². The number of hydrogen-bond acceptors (Lipinski definition) is 16. The molecule has 2 aliphatic heterocycles. The zero-order valence-corrected chi connectivity index (χ0v) is 42.7. The Hall–Kier alpha value is -7.68. The number of carbonyl (C=O) groups is 2.